The van der Waals surface area contributed by atoms with Crippen molar-refractivity contribution in [3.63, 3.8) is 0 Å². The number of carbonyl (C=O) groups is 1. The molecule has 4 aromatic rings. The monoisotopic (exact) mass is 526 g/mol. The number of anilines is 1. The first-order valence-corrected chi connectivity index (χ1v) is 13.6. The SMILES string of the molecule is C[C@@H]1[C@H](CSc2ccccn2)O[C@H](c2cccc(NC(=O)c3ccccc3)c2)O[C@@H]1c1ccc(CO)cc1. The van der Waals surface area contributed by atoms with Crippen molar-refractivity contribution in [3.05, 3.63) is 126 Å². The van der Waals surface area contributed by atoms with Gasteiger partial charge in [0.25, 0.3) is 5.91 Å². The number of hydrogen-bond acceptors (Lipinski definition) is 6. The zero-order valence-corrected chi connectivity index (χ0v) is 21.9. The molecule has 1 fully saturated rings. The molecule has 194 valence electrons. The smallest absolute Gasteiger partial charge is 0.255 e. The third kappa shape index (κ3) is 6.31. The third-order valence-corrected chi connectivity index (χ3v) is 7.64. The predicted molar refractivity (Wildman–Crippen MR) is 149 cm³/mol. The number of amides is 1. The summed E-state index contributed by atoms with van der Waals surface area (Å²) < 4.78 is 13.1. The molecule has 2 heterocycles. The molecule has 7 heteroatoms. The molecule has 1 aliphatic rings. The highest BCUT2D eigenvalue weighted by molar-refractivity contribution is 7.99. The van der Waals surface area contributed by atoms with Crippen LogP contribution in [0.15, 0.2) is 108 Å². The van der Waals surface area contributed by atoms with Crippen LogP contribution in [0.1, 0.15) is 46.4 Å². The van der Waals surface area contributed by atoms with Crippen LogP contribution in [0.25, 0.3) is 0 Å². The van der Waals surface area contributed by atoms with Gasteiger partial charge in [-0.3, -0.25) is 4.79 Å². The Hall–Kier alpha value is -3.49. The van der Waals surface area contributed by atoms with E-state index in [-0.39, 0.29) is 30.6 Å². The number of aliphatic hydroxyl groups excluding tert-OH is 1. The number of aromatic nitrogens is 1. The van der Waals surface area contributed by atoms with Crippen LogP contribution in [0.4, 0.5) is 5.69 Å². The first-order valence-electron chi connectivity index (χ1n) is 12.6. The highest BCUT2D eigenvalue weighted by Gasteiger charge is 2.38. The number of hydrogen-bond donors (Lipinski definition) is 2. The molecule has 0 unspecified atom stereocenters. The first kappa shape index (κ1) is 26.1. The molecule has 1 aliphatic heterocycles. The highest BCUT2D eigenvalue weighted by Crippen LogP contribution is 2.43. The topological polar surface area (TPSA) is 80.7 Å². The van der Waals surface area contributed by atoms with Gasteiger partial charge in [0.15, 0.2) is 6.29 Å². The van der Waals surface area contributed by atoms with E-state index in [1.54, 1.807) is 30.1 Å². The lowest BCUT2D eigenvalue weighted by Crippen LogP contribution is -2.38. The zero-order valence-electron chi connectivity index (χ0n) is 21.1. The van der Waals surface area contributed by atoms with Crippen LogP contribution in [-0.2, 0) is 16.1 Å². The van der Waals surface area contributed by atoms with E-state index in [9.17, 15) is 9.90 Å². The molecule has 38 heavy (non-hydrogen) atoms. The van der Waals surface area contributed by atoms with Crippen LogP contribution >= 0.6 is 11.8 Å². The summed E-state index contributed by atoms with van der Waals surface area (Å²) in [6, 6.07) is 30.5. The Morgan fingerprint density at radius 3 is 2.45 bits per heavy atom. The minimum atomic E-state index is -0.614. The number of aliphatic hydroxyl groups is 1. The van der Waals surface area contributed by atoms with E-state index in [2.05, 4.69) is 17.2 Å². The second-order valence-electron chi connectivity index (χ2n) is 9.25. The van der Waals surface area contributed by atoms with E-state index in [4.69, 9.17) is 9.47 Å². The lowest BCUT2D eigenvalue weighted by Gasteiger charge is -2.41. The summed E-state index contributed by atoms with van der Waals surface area (Å²) in [6.07, 6.45) is 0.862. The van der Waals surface area contributed by atoms with Gasteiger partial charge in [0.2, 0.25) is 0 Å². The van der Waals surface area contributed by atoms with Gasteiger partial charge in [0.1, 0.15) is 0 Å². The molecule has 0 saturated carbocycles. The predicted octanol–water partition coefficient (Wildman–Crippen LogP) is 6.41. The Morgan fingerprint density at radius 2 is 1.71 bits per heavy atom. The van der Waals surface area contributed by atoms with Crippen molar-refractivity contribution in [2.45, 2.75) is 37.1 Å². The van der Waals surface area contributed by atoms with Crippen molar-refractivity contribution in [2.24, 2.45) is 5.92 Å². The maximum Gasteiger partial charge on any atom is 0.255 e. The summed E-state index contributed by atoms with van der Waals surface area (Å²) in [4.78, 5) is 17.1. The molecule has 1 aromatic heterocycles. The number of ether oxygens (including phenoxy) is 2. The quantitative estimate of drug-likeness (QED) is 0.258. The summed E-state index contributed by atoms with van der Waals surface area (Å²) in [5.41, 5.74) is 3.98. The average molecular weight is 527 g/mol. The standard InChI is InChI=1S/C31H30N2O4S/c1-21-27(20-38-28-12-5-6-17-32-28)36-31(37-29(21)23-15-13-22(19-34)14-16-23)25-10-7-11-26(18-25)33-30(35)24-8-3-2-4-9-24/h2-18,21,27,29,31,34H,19-20H2,1H3,(H,33,35)/t21-,27+,29+,31+/m1/s1. The summed E-state index contributed by atoms with van der Waals surface area (Å²) in [6.45, 7) is 2.14. The van der Waals surface area contributed by atoms with Crippen molar-refractivity contribution in [2.75, 3.05) is 11.1 Å². The number of rotatable bonds is 8. The van der Waals surface area contributed by atoms with Gasteiger partial charge >= 0.3 is 0 Å². The fraction of sp³-hybridized carbons (Fsp3) is 0.226. The van der Waals surface area contributed by atoms with E-state index in [1.807, 2.05) is 84.9 Å². The molecule has 5 rings (SSSR count). The van der Waals surface area contributed by atoms with Crippen molar-refractivity contribution in [1.29, 1.82) is 0 Å². The Labute approximate surface area is 227 Å². The molecular weight excluding hydrogens is 496 g/mol. The van der Waals surface area contributed by atoms with Crippen LogP contribution in [0.2, 0.25) is 0 Å². The van der Waals surface area contributed by atoms with Gasteiger partial charge < -0.3 is 19.9 Å². The molecule has 0 aliphatic carbocycles. The maximum atomic E-state index is 12.7. The van der Waals surface area contributed by atoms with Gasteiger partial charge in [-0.15, -0.1) is 11.8 Å². The molecule has 2 N–H and O–H groups in total. The Bertz CT molecular complexity index is 1340. The molecule has 6 nitrogen and oxygen atoms in total. The Morgan fingerprint density at radius 1 is 0.921 bits per heavy atom. The average Bonchev–Trinajstić information content (AvgIpc) is 2.98. The van der Waals surface area contributed by atoms with E-state index in [0.29, 0.717) is 17.0 Å². The summed E-state index contributed by atoms with van der Waals surface area (Å²) >= 11 is 1.66. The molecule has 0 bridgehead atoms. The Kier molecular flexibility index (Phi) is 8.51. The fourth-order valence-electron chi connectivity index (χ4n) is 4.47. The van der Waals surface area contributed by atoms with Crippen LogP contribution in [0, 0.1) is 5.92 Å². The van der Waals surface area contributed by atoms with Gasteiger partial charge in [-0.2, -0.15) is 0 Å². The molecule has 3 aromatic carbocycles. The van der Waals surface area contributed by atoms with Gasteiger partial charge in [-0.25, -0.2) is 4.98 Å². The zero-order chi connectivity index (χ0) is 26.3. The highest BCUT2D eigenvalue weighted by atomic mass is 32.2. The van der Waals surface area contributed by atoms with Crippen LogP contribution in [0.5, 0.6) is 0 Å². The van der Waals surface area contributed by atoms with Crippen molar-refractivity contribution < 1.29 is 19.4 Å². The minimum Gasteiger partial charge on any atom is -0.392 e. The number of nitrogens with zero attached hydrogens (tertiary/aromatic N) is 1. The van der Waals surface area contributed by atoms with Gasteiger partial charge in [0.05, 0.1) is 23.8 Å². The summed E-state index contributed by atoms with van der Waals surface area (Å²) in [7, 11) is 0. The number of pyridine rings is 1. The Balaban J connectivity index is 1.38. The van der Waals surface area contributed by atoms with Crippen LogP contribution in [-0.4, -0.2) is 27.9 Å². The molecule has 0 radical (unpaired) electrons. The fourth-order valence-corrected chi connectivity index (χ4v) is 5.49. The summed E-state index contributed by atoms with van der Waals surface area (Å²) in [5.74, 6) is 0.616. The minimum absolute atomic E-state index is 0.00206. The van der Waals surface area contributed by atoms with E-state index >= 15 is 0 Å². The number of carbonyl (C=O) groups excluding carboxylic acids is 1. The summed E-state index contributed by atoms with van der Waals surface area (Å²) in [5, 5.41) is 13.4. The van der Waals surface area contributed by atoms with Crippen LogP contribution < -0.4 is 5.32 Å². The van der Waals surface area contributed by atoms with Gasteiger partial charge in [-0.1, -0.05) is 67.6 Å². The van der Waals surface area contributed by atoms with E-state index in [1.165, 1.54) is 0 Å². The molecule has 0 spiro atoms. The lowest BCUT2D eigenvalue weighted by molar-refractivity contribution is -0.268. The number of thioether (sulfide) groups is 1. The number of nitrogens with one attached hydrogen (secondary N) is 1. The second kappa shape index (κ2) is 12.4. The third-order valence-electron chi connectivity index (χ3n) is 6.61. The van der Waals surface area contributed by atoms with Crippen molar-refractivity contribution in [3.8, 4) is 0 Å². The van der Waals surface area contributed by atoms with Gasteiger partial charge in [0, 0.05) is 34.7 Å². The normalized spacial score (nSPS) is 21.1. The lowest BCUT2D eigenvalue weighted by atomic mass is 9.91. The maximum absolute atomic E-state index is 12.7. The second-order valence-corrected chi connectivity index (χ2v) is 10.3. The molecule has 1 amide bonds. The van der Waals surface area contributed by atoms with E-state index in [0.717, 1.165) is 21.7 Å². The van der Waals surface area contributed by atoms with E-state index < -0.39 is 6.29 Å². The van der Waals surface area contributed by atoms with Crippen LogP contribution in [0.3, 0.4) is 0 Å². The first-order chi connectivity index (χ1) is 18.6. The van der Waals surface area contributed by atoms with Crippen molar-refractivity contribution >= 4 is 23.4 Å². The molecular formula is C31H30N2O4S. The van der Waals surface area contributed by atoms with Crippen molar-refractivity contribution in [1.82, 2.24) is 4.98 Å². The largest absolute Gasteiger partial charge is 0.392 e. The molecule has 4 atom stereocenters. The molecule has 1 saturated heterocycles. The number of benzene rings is 3. The van der Waals surface area contributed by atoms with Gasteiger partial charge in [-0.05, 0) is 47.5 Å².